The van der Waals surface area contributed by atoms with E-state index in [0.717, 1.165) is 56.8 Å². The quantitative estimate of drug-likeness (QED) is 0.177. The number of ether oxygens (including phenoxy) is 2. The summed E-state index contributed by atoms with van der Waals surface area (Å²) in [5, 5.41) is 24.1. The smallest absolute Gasteiger partial charge is 0.412 e. The molecule has 2 N–H and O–H groups in total. The number of likely N-dealkylation sites (N-methyl/N-ethyl adjacent to an activating group) is 1. The molecule has 56 heavy (non-hydrogen) atoms. The fourth-order valence-corrected chi connectivity index (χ4v) is 8.27. The Morgan fingerprint density at radius 2 is 1.79 bits per heavy atom. The predicted octanol–water partition coefficient (Wildman–Crippen LogP) is 9.86. The van der Waals surface area contributed by atoms with Crippen LogP contribution in [0.4, 0.5) is 28.8 Å². The molecule has 6 rings (SSSR count). The Hall–Kier alpha value is -4.41. The van der Waals surface area contributed by atoms with E-state index in [-0.39, 0.29) is 53.9 Å². The summed E-state index contributed by atoms with van der Waals surface area (Å²) < 4.78 is 53.6. The van der Waals surface area contributed by atoms with Crippen molar-refractivity contribution in [3.8, 4) is 29.3 Å². The van der Waals surface area contributed by atoms with E-state index in [0.29, 0.717) is 38.1 Å². The molecular weight excluding hydrogens is 765 g/mol. The fourth-order valence-electron chi connectivity index (χ4n) is 6.91. The van der Waals surface area contributed by atoms with Crippen molar-refractivity contribution in [1.29, 1.82) is 10.5 Å². The van der Waals surface area contributed by atoms with Gasteiger partial charge in [-0.25, -0.2) is 13.6 Å². The van der Waals surface area contributed by atoms with Gasteiger partial charge in [-0.2, -0.15) is 20.5 Å². The maximum absolute atomic E-state index is 17.1. The summed E-state index contributed by atoms with van der Waals surface area (Å²) in [6, 6.07) is 8.08. The lowest BCUT2D eigenvalue weighted by Crippen LogP contribution is -2.48. The number of hydrogen-bond donors (Lipinski definition) is 2. The molecule has 0 bridgehead atoms. The first kappa shape index (κ1) is 46.0. The van der Waals surface area contributed by atoms with Crippen molar-refractivity contribution in [2.24, 2.45) is 0 Å². The highest BCUT2D eigenvalue weighted by Crippen LogP contribution is 2.46. The van der Waals surface area contributed by atoms with E-state index in [1.807, 2.05) is 13.8 Å². The number of carbonyl (C=O) groups is 1. The number of anilines is 2. The minimum absolute atomic E-state index is 0.000524. The summed E-state index contributed by atoms with van der Waals surface area (Å²) in [7, 11) is 0.500. The van der Waals surface area contributed by atoms with Crippen LogP contribution < -0.4 is 20.3 Å². The van der Waals surface area contributed by atoms with Gasteiger partial charge in [0.2, 0.25) is 0 Å². The zero-order valence-electron chi connectivity index (χ0n) is 33.6. The van der Waals surface area contributed by atoms with Crippen molar-refractivity contribution in [3.63, 3.8) is 0 Å². The first-order valence-electron chi connectivity index (χ1n) is 18.7. The van der Waals surface area contributed by atoms with Gasteiger partial charge in [0.1, 0.15) is 40.4 Å². The molecule has 2 aromatic carbocycles. The third kappa shape index (κ3) is 10.1. The summed E-state index contributed by atoms with van der Waals surface area (Å²) in [6.45, 7) is 19.8. The van der Waals surface area contributed by atoms with Gasteiger partial charge >= 0.3 is 12.1 Å². The molecule has 2 saturated heterocycles. The highest BCUT2D eigenvalue weighted by molar-refractivity contribution is 7.23. The van der Waals surface area contributed by atoms with Crippen molar-refractivity contribution in [2.45, 2.75) is 85.8 Å². The van der Waals surface area contributed by atoms with Crippen LogP contribution in [0.15, 0.2) is 18.2 Å². The molecule has 1 atom stereocenters. The number of alkyl halides is 1. The first-order chi connectivity index (χ1) is 26.8. The van der Waals surface area contributed by atoms with E-state index < -0.39 is 23.3 Å². The van der Waals surface area contributed by atoms with E-state index in [4.69, 9.17) is 31.3 Å². The molecule has 2 fully saturated rings. The van der Waals surface area contributed by atoms with Crippen LogP contribution in [0.5, 0.6) is 6.01 Å². The number of piperazine rings is 1. The summed E-state index contributed by atoms with van der Waals surface area (Å²) >= 11 is 7.75. The van der Waals surface area contributed by atoms with Gasteiger partial charge in [-0.3, -0.25) is 14.6 Å². The van der Waals surface area contributed by atoms with Gasteiger partial charge in [0.15, 0.2) is 5.82 Å². The number of likely N-dealkylation sites (tertiary alicyclic amines) is 1. The maximum atomic E-state index is 17.1. The largest absolute Gasteiger partial charge is 0.461 e. The van der Waals surface area contributed by atoms with Crippen LogP contribution >= 0.6 is 22.9 Å². The molecule has 2 aliphatic heterocycles. The molecule has 0 aliphatic carbocycles. The molecular formula is C40H52ClF3N8O3S. The Bertz CT molecular complexity index is 2060. The van der Waals surface area contributed by atoms with Gasteiger partial charge in [0.25, 0.3) is 0 Å². The number of carbonyl (C=O) groups excluding carboxylic acids is 1. The number of thiophene rings is 1. The molecule has 2 aromatic heterocycles. The minimum Gasteiger partial charge on any atom is -0.461 e. The first-order valence-corrected chi connectivity index (χ1v) is 19.9. The summed E-state index contributed by atoms with van der Waals surface area (Å²) in [5.41, 5.74) is -0.866. The standard InChI is InChI=1S/C35H40ClF2N7O3S.C2H3N.C2H6.CH3F/c1-6-35(11-8-14-45(35)7-2)19-47-32-41-28-21(30(42-32)44-15-12-40-13-16-44)17-23(36)26(27(28)38)20-9-10-24(37)29-25(20)22(18-39)31(49-29)43-33(46)48-34(3,4)5;1-2-3;2*1-2/h9-10,17,40H,6-8,11-16,19H2,1-5H3,(H,43,46);1H3;1-2H3;1H3. The molecule has 2 aliphatic rings. The number of fused-ring (bicyclic) bond motifs is 2. The average molecular weight is 817 g/mol. The zero-order chi connectivity index (χ0) is 41.8. The Kier molecular flexibility index (Phi) is 17.0. The summed E-state index contributed by atoms with van der Waals surface area (Å²) in [6.07, 6.45) is 2.14. The van der Waals surface area contributed by atoms with Crippen LogP contribution in [0.25, 0.3) is 32.1 Å². The normalized spacial score (nSPS) is 16.7. The van der Waals surface area contributed by atoms with Crippen LogP contribution in [0, 0.1) is 34.3 Å². The highest BCUT2D eigenvalue weighted by atomic mass is 35.5. The topological polar surface area (TPSA) is 139 Å². The number of nitriles is 2. The van der Waals surface area contributed by atoms with Gasteiger partial charge in [0.05, 0.1) is 34.1 Å². The third-order valence-electron chi connectivity index (χ3n) is 9.30. The number of benzene rings is 2. The van der Waals surface area contributed by atoms with Crippen LogP contribution in [0.3, 0.4) is 0 Å². The van der Waals surface area contributed by atoms with Crippen LogP contribution in [-0.2, 0) is 4.74 Å². The Morgan fingerprint density at radius 3 is 2.38 bits per heavy atom. The van der Waals surface area contributed by atoms with Gasteiger partial charge in [0, 0.05) is 49.4 Å². The molecule has 0 saturated carbocycles. The number of aromatic nitrogens is 2. The Balaban J connectivity index is 0.00000113. The Morgan fingerprint density at radius 1 is 1.12 bits per heavy atom. The lowest BCUT2D eigenvalue weighted by atomic mass is 9.94. The van der Waals surface area contributed by atoms with Crippen LogP contribution in [0.2, 0.25) is 5.02 Å². The van der Waals surface area contributed by atoms with E-state index in [2.05, 4.69) is 45.3 Å². The summed E-state index contributed by atoms with van der Waals surface area (Å²) in [4.78, 5) is 26.5. The zero-order valence-corrected chi connectivity index (χ0v) is 35.2. The molecule has 4 heterocycles. The van der Waals surface area contributed by atoms with Crippen LogP contribution in [-0.4, -0.2) is 85.2 Å². The van der Waals surface area contributed by atoms with E-state index >= 15 is 8.78 Å². The van der Waals surface area contributed by atoms with Crippen molar-refractivity contribution in [1.82, 2.24) is 20.2 Å². The van der Waals surface area contributed by atoms with Crippen molar-refractivity contribution >= 4 is 60.8 Å². The number of halogens is 4. The van der Waals surface area contributed by atoms with E-state index in [1.54, 1.807) is 32.9 Å². The second-order valence-corrected chi connectivity index (χ2v) is 15.1. The van der Waals surface area contributed by atoms with Gasteiger partial charge in [-0.05, 0) is 70.8 Å². The fraction of sp³-hybridized carbons (Fsp3) is 0.525. The molecule has 4 aromatic rings. The second kappa shape index (κ2) is 20.7. The van der Waals surface area contributed by atoms with Crippen molar-refractivity contribution in [2.75, 3.05) is 63.3 Å². The molecule has 16 heteroatoms. The maximum Gasteiger partial charge on any atom is 0.412 e. The van der Waals surface area contributed by atoms with Crippen LogP contribution in [0.1, 0.15) is 80.2 Å². The monoisotopic (exact) mass is 816 g/mol. The lowest BCUT2D eigenvalue weighted by Gasteiger charge is -2.36. The molecule has 1 amide bonds. The van der Waals surface area contributed by atoms with Gasteiger partial charge in [-0.1, -0.05) is 45.4 Å². The van der Waals surface area contributed by atoms with Crippen molar-refractivity contribution < 1.29 is 27.4 Å². The highest BCUT2D eigenvalue weighted by Gasteiger charge is 2.39. The molecule has 304 valence electrons. The molecule has 11 nitrogen and oxygen atoms in total. The average Bonchev–Trinajstić information content (AvgIpc) is 3.78. The van der Waals surface area contributed by atoms with Gasteiger partial charge in [-0.15, -0.1) is 11.3 Å². The molecule has 1 unspecified atom stereocenters. The lowest BCUT2D eigenvalue weighted by molar-refractivity contribution is 0.0636. The minimum atomic E-state index is -0.804. The van der Waals surface area contributed by atoms with Crippen molar-refractivity contribution in [3.05, 3.63) is 40.4 Å². The van der Waals surface area contributed by atoms with E-state index in [9.17, 15) is 14.4 Å². The SMILES string of the molecule is CC.CC#N.CCN1CCCC1(CC)COc1nc(N2CCNCC2)c2cc(Cl)c(-c3ccc(F)c4sc(NC(=O)OC(C)(C)C)c(C#N)c34)c(F)c2n1.CF. The number of hydrogen-bond acceptors (Lipinski definition) is 11. The summed E-state index contributed by atoms with van der Waals surface area (Å²) in [5.74, 6) is -0.872. The number of amides is 1. The molecule has 0 radical (unpaired) electrons. The second-order valence-electron chi connectivity index (χ2n) is 13.6. The molecule has 0 spiro atoms. The number of nitrogens with one attached hydrogen (secondary N) is 2. The third-order valence-corrected chi connectivity index (χ3v) is 10.7. The van der Waals surface area contributed by atoms with Gasteiger partial charge < -0.3 is 19.7 Å². The Labute approximate surface area is 336 Å². The van der Waals surface area contributed by atoms with E-state index in [1.165, 1.54) is 19.1 Å². The predicted molar refractivity (Wildman–Crippen MR) is 220 cm³/mol. The number of rotatable bonds is 8. The number of nitrogens with zero attached hydrogens (tertiary/aromatic N) is 6.